The van der Waals surface area contributed by atoms with Gasteiger partial charge >= 0.3 is 0 Å². The average Bonchev–Trinajstić information content (AvgIpc) is 3.30. The third-order valence-corrected chi connectivity index (χ3v) is 4.54. The fourth-order valence-corrected chi connectivity index (χ4v) is 2.74. The molecule has 0 radical (unpaired) electrons. The van der Waals surface area contributed by atoms with Crippen LogP contribution in [0.5, 0.6) is 0 Å². The van der Waals surface area contributed by atoms with Crippen molar-refractivity contribution in [2.24, 2.45) is 4.99 Å². The first-order valence-electron chi connectivity index (χ1n) is 7.65. The van der Waals surface area contributed by atoms with E-state index in [1.165, 1.54) is 0 Å². The third-order valence-electron chi connectivity index (χ3n) is 3.23. The molecule has 6 nitrogen and oxygen atoms in total. The van der Waals surface area contributed by atoms with Gasteiger partial charge in [0, 0.05) is 19.1 Å². The summed E-state index contributed by atoms with van der Waals surface area (Å²) in [7, 11) is -3.32. The highest BCUT2D eigenvalue weighted by Crippen LogP contribution is 2.18. The van der Waals surface area contributed by atoms with Gasteiger partial charge in [-0.1, -0.05) is 30.3 Å². The Labute approximate surface area is 132 Å². The zero-order valence-corrected chi connectivity index (χ0v) is 13.7. The number of hydrogen-bond acceptors (Lipinski definition) is 3. The maximum Gasteiger partial charge on any atom is 0.213 e. The minimum absolute atomic E-state index is 0.0128. The summed E-state index contributed by atoms with van der Waals surface area (Å²) in [5.74, 6) is 0.685. The van der Waals surface area contributed by atoms with E-state index in [1.54, 1.807) is 0 Å². The molecule has 0 bridgehead atoms. The first-order valence-corrected chi connectivity index (χ1v) is 9.30. The van der Waals surface area contributed by atoms with Crippen LogP contribution in [0.4, 0.5) is 0 Å². The summed E-state index contributed by atoms with van der Waals surface area (Å²) in [5, 5.41) is 6.38. The Morgan fingerprint density at radius 2 is 2.00 bits per heavy atom. The maximum atomic E-state index is 12.0. The fraction of sp³-hybridized carbons (Fsp3) is 0.533. The molecule has 7 heteroatoms. The Morgan fingerprint density at radius 1 is 1.27 bits per heavy atom. The molecule has 1 aromatic carbocycles. The van der Waals surface area contributed by atoms with E-state index in [1.807, 2.05) is 37.3 Å². The molecule has 1 aliphatic carbocycles. The van der Waals surface area contributed by atoms with Gasteiger partial charge in [-0.15, -0.1) is 0 Å². The second-order valence-corrected chi connectivity index (χ2v) is 7.23. The second-order valence-electron chi connectivity index (χ2n) is 5.30. The molecule has 0 aliphatic heterocycles. The monoisotopic (exact) mass is 324 g/mol. The number of nitrogens with zero attached hydrogens (tertiary/aromatic N) is 1. The lowest BCUT2D eigenvalue weighted by Crippen LogP contribution is -2.39. The first kappa shape index (κ1) is 16.8. The highest BCUT2D eigenvalue weighted by Gasteiger charge is 2.22. The van der Waals surface area contributed by atoms with Gasteiger partial charge in [0.1, 0.15) is 0 Å². The van der Waals surface area contributed by atoms with Crippen LogP contribution >= 0.6 is 0 Å². The molecule has 122 valence electrons. The molecule has 0 atom stereocenters. The number of nitrogens with one attached hydrogen (secondary N) is 3. The van der Waals surface area contributed by atoms with Crippen LogP contribution < -0.4 is 15.4 Å². The molecule has 0 spiro atoms. The fourth-order valence-electron chi connectivity index (χ4n) is 1.88. The smallest absolute Gasteiger partial charge is 0.213 e. The van der Waals surface area contributed by atoms with Crippen LogP contribution in [0.2, 0.25) is 0 Å². The van der Waals surface area contributed by atoms with Crippen LogP contribution in [0, 0.1) is 0 Å². The minimum atomic E-state index is -3.32. The molecule has 0 unspecified atom stereocenters. The summed E-state index contributed by atoms with van der Waals surface area (Å²) in [4.78, 5) is 4.31. The molecule has 1 aromatic rings. The van der Waals surface area contributed by atoms with Crippen molar-refractivity contribution < 1.29 is 8.42 Å². The van der Waals surface area contributed by atoms with Crippen molar-refractivity contribution in [3.8, 4) is 0 Å². The SMILES string of the molecule is CCNC(=NCCS(=O)(=O)NCc1ccccc1)NC1CC1. The van der Waals surface area contributed by atoms with E-state index < -0.39 is 10.0 Å². The summed E-state index contributed by atoms with van der Waals surface area (Å²) in [5.41, 5.74) is 0.943. The van der Waals surface area contributed by atoms with Crippen molar-refractivity contribution in [3.05, 3.63) is 35.9 Å². The number of guanidine groups is 1. The summed E-state index contributed by atoms with van der Waals surface area (Å²) >= 11 is 0. The van der Waals surface area contributed by atoms with Gasteiger partial charge < -0.3 is 10.6 Å². The van der Waals surface area contributed by atoms with Crippen LogP contribution in [-0.2, 0) is 16.6 Å². The largest absolute Gasteiger partial charge is 0.357 e. The molecule has 0 aromatic heterocycles. The number of sulfonamides is 1. The molecule has 22 heavy (non-hydrogen) atoms. The van der Waals surface area contributed by atoms with Crippen LogP contribution in [0.3, 0.4) is 0 Å². The molecule has 0 amide bonds. The molecular formula is C15H24N4O2S. The van der Waals surface area contributed by atoms with Gasteiger partial charge in [-0.3, -0.25) is 4.99 Å². The second kappa shape index (κ2) is 8.14. The summed E-state index contributed by atoms with van der Waals surface area (Å²) in [6.07, 6.45) is 2.31. The predicted octanol–water partition coefficient (Wildman–Crippen LogP) is 0.824. The van der Waals surface area contributed by atoms with Crippen molar-refractivity contribution in [3.63, 3.8) is 0 Å². The van der Waals surface area contributed by atoms with E-state index in [0.29, 0.717) is 18.5 Å². The lowest BCUT2D eigenvalue weighted by atomic mass is 10.2. The van der Waals surface area contributed by atoms with E-state index >= 15 is 0 Å². The zero-order valence-electron chi connectivity index (χ0n) is 12.9. The molecule has 1 saturated carbocycles. The zero-order chi connectivity index (χ0) is 15.8. The van der Waals surface area contributed by atoms with Gasteiger partial charge in [0.2, 0.25) is 10.0 Å². The number of benzene rings is 1. The first-order chi connectivity index (χ1) is 10.6. The Balaban J connectivity index is 1.77. The molecular weight excluding hydrogens is 300 g/mol. The maximum absolute atomic E-state index is 12.0. The van der Waals surface area contributed by atoms with E-state index in [9.17, 15) is 8.42 Å². The number of aliphatic imine (C=N–C) groups is 1. The van der Waals surface area contributed by atoms with E-state index in [4.69, 9.17) is 0 Å². The lowest BCUT2D eigenvalue weighted by molar-refractivity contribution is 0.581. The lowest BCUT2D eigenvalue weighted by Gasteiger charge is -2.10. The minimum Gasteiger partial charge on any atom is -0.357 e. The average molecular weight is 324 g/mol. The molecule has 2 rings (SSSR count). The summed E-state index contributed by atoms with van der Waals surface area (Å²) in [6.45, 7) is 3.30. The number of rotatable bonds is 8. The van der Waals surface area contributed by atoms with Crippen molar-refractivity contribution in [1.29, 1.82) is 0 Å². The van der Waals surface area contributed by atoms with E-state index in [2.05, 4.69) is 20.3 Å². The van der Waals surface area contributed by atoms with Gasteiger partial charge in [-0.05, 0) is 25.3 Å². The summed E-state index contributed by atoms with van der Waals surface area (Å²) in [6, 6.07) is 9.96. The highest BCUT2D eigenvalue weighted by atomic mass is 32.2. The van der Waals surface area contributed by atoms with Crippen LogP contribution in [0.1, 0.15) is 25.3 Å². The van der Waals surface area contributed by atoms with Crippen LogP contribution in [0.25, 0.3) is 0 Å². The van der Waals surface area contributed by atoms with E-state index in [0.717, 1.165) is 24.9 Å². The quantitative estimate of drug-likeness (QED) is 0.488. The molecule has 1 aliphatic rings. The van der Waals surface area contributed by atoms with Gasteiger partial charge in [0.05, 0.1) is 12.3 Å². The molecule has 3 N–H and O–H groups in total. The van der Waals surface area contributed by atoms with Gasteiger partial charge in [0.25, 0.3) is 0 Å². The number of hydrogen-bond donors (Lipinski definition) is 3. The Hall–Kier alpha value is -1.60. The molecule has 1 fully saturated rings. The van der Waals surface area contributed by atoms with Gasteiger partial charge in [0.15, 0.2) is 5.96 Å². The predicted molar refractivity (Wildman–Crippen MR) is 89.2 cm³/mol. The Kier molecular flexibility index (Phi) is 6.21. The van der Waals surface area contributed by atoms with Crippen LogP contribution in [-0.4, -0.2) is 39.3 Å². The van der Waals surface area contributed by atoms with Gasteiger partial charge in [-0.25, -0.2) is 13.1 Å². The third kappa shape index (κ3) is 6.44. The van der Waals surface area contributed by atoms with E-state index in [-0.39, 0.29) is 12.3 Å². The van der Waals surface area contributed by atoms with Crippen molar-refractivity contribution in [1.82, 2.24) is 15.4 Å². The van der Waals surface area contributed by atoms with Crippen LogP contribution in [0.15, 0.2) is 35.3 Å². The van der Waals surface area contributed by atoms with Gasteiger partial charge in [-0.2, -0.15) is 0 Å². The highest BCUT2D eigenvalue weighted by molar-refractivity contribution is 7.89. The Bertz CT molecular complexity index is 583. The Morgan fingerprint density at radius 3 is 2.64 bits per heavy atom. The molecule has 0 saturated heterocycles. The topological polar surface area (TPSA) is 82.6 Å². The normalized spacial score (nSPS) is 15.6. The van der Waals surface area contributed by atoms with Crippen molar-refractivity contribution in [2.75, 3.05) is 18.8 Å². The van der Waals surface area contributed by atoms with Crippen molar-refractivity contribution >= 4 is 16.0 Å². The molecule has 0 heterocycles. The summed E-state index contributed by atoms with van der Waals surface area (Å²) < 4.78 is 26.5. The van der Waals surface area contributed by atoms with Crippen molar-refractivity contribution in [2.45, 2.75) is 32.4 Å². The standard InChI is InChI=1S/C15H24N4O2S/c1-2-16-15(19-14-8-9-14)17-10-11-22(20,21)18-12-13-6-4-3-5-7-13/h3-7,14,18H,2,8-12H2,1H3,(H2,16,17,19).